The fourth-order valence-electron chi connectivity index (χ4n) is 1.60. The van der Waals surface area contributed by atoms with Gasteiger partial charge in [-0.2, -0.15) is 0 Å². The zero-order valence-corrected chi connectivity index (χ0v) is 10.9. The normalized spacial score (nSPS) is 10.4. The molecule has 0 saturated heterocycles. The predicted molar refractivity (Wildman–Crippen MR) is 76.2 cm³/mol. The fraction of sp³-hybridized carbons (Fsp3) is 0. The van der Waals surface area contributed by atoms with Crippen molar-refractivity contribution in [2.75, 3.05) is 0 Å². The Morgan fingerprint density at radius 1 is 1.06 bits per heavy atom. The Hall–Kier alpha value is -1.85. The maximum atomic E-state index is 5.71. The SMILES string of the molecule is S=C(Oc1cccc2snnc12)c1ccccc1. The Morgan fingerprint density at radius 3 is 2.72 bits per heavy atom. The summed E-state index contributed by atoms with van der Waals surface area (Å²) in [5.74, 6) is 0.648. The minimum absolute atomic E-state index is 0.441. The first-order valence-corrected chi connectivity index (χ1v) is 6.51. The standard InChI is InChI=1S/C13H8N2OS2/c17-13(9-5-2-1-3-6-9)16-10-7-4-8-11-12(10)14-15-18-11/h1-8H. The van der Waals surface area contributed by atoms with E-state index in [1.54, 1.807) is 0 Å². The highest BCUT2D eigenvalue weighted by molar-refractivity contribution is 7.80. The molecule has 18 heavy (non-hydrogen) atoms. The zero-order chi connectivity index (χ0) is 12.4. The Kier molecular flexibility index (Phi) is 3.00. The van der Waals surface area contributed by atoms with Crippen LogP contribution in [0.2, 0.25) is 0 Å². The molecule has 0 unspecified atom stereocenters. The largest absolute Gasteiger partial charge is 0.443 e. The molecule has 2 aromatic carbocycles. The van der Waals surface area contributed by atoms with Gasteiger partial charge in [0.2, 0.25) is 0 Å². The fourth-order valence-corrected chi connectivity index (χ4v) is 2.40. The molecule has 3 nitrogen and oxygen atoms in total. The molecule has 0 bridgehead atoms. The summed E-state index contributed by atoms with van der Waals surface area (Å²) < 4.78 is 10.6. The van der Waals surface area contributed by atoms with Crippen molar-refractivity contribution in [1.82, 2.24) is 9.59 Å². The third-order valence-corrected chi connectivity index (χ3v) is 3.46. The Labute approximate surface area is 113 Å². The third-order valence-electron chi connectivity index (χ3n) is 2.45. The highest BCUT2D eigenvalue weighted by Crippen LogP contribution is 2.26. The average molecular weight is 272 g/mol. The lowest BCUT2D eigenvalue weighted by molar-refractivity contribution is 0.571. The number of fused-ring (bicyclic) bond motifs is 1. The van der Waals surface area contributed by atoms with E-state index >= 15 is 0 Å². The average Bonchev–Trinajstić information content (AvgIpc) is 2.89. The summed E-state index contributed by atoms with van der Waals surface area (Å²) in [6.07, 6.45) is 0. The van der Waals surface area contributed by atoms with Crippen LogP contribution in [-0.2, 0) is 0 Å². The molecule has 0 amide bonds. The van der Waals surface area contributed by atoms with Gasteiger partial charge in [0.1, 0.15) is 5.52 Å². The molecule has 0 radical (unpaired) electrons. The number of benzene rings is 2. The highest BCUT2D eigenvalue weighted by Gasteiger charge is 2.09. The van der Waals surface area contributed by atoms with Crippen LogP contribution in [-0.4, -0.2) is 14.6 Å². The second-order valence-corrected chi connectivity index (χ2v) is 4.79. The third kappa shape index (κ3) is 2.10. The van der Waals surface area contributed by atoms with E-state index in [1.807, 2.05) is 48.5 Å². The molecular formula is C13H8N2OS2. The topological polar surface area (TPSA) is 35.0 Å². The van der Waals surface area contributed by atoms with Crippen LogP contribution < -0.4 is 4.74 Å². The maximum absolute atomic E-state index is 5.71. The van der Waals surface area contributed by atoms with Crippen LogP contribution in [0.25, 0.3) is 10.2 Å². The van der Waals surface area contributed by atoms with E-state index in [0.717, 1.165) is 15.8 Å². The van der Waals surface area contributed by atoms with Gasteiger partial charge < -0.3 is 4.74 Å². The van der Waals surface area contributed by atoms with Crippen molar-refractivity contribution in [2.24, 2.45) is 0 Å². The number of thiocarbonyl (C=S) groups is 1. The second kappa shape index (κ2) is 4.80. The van der Waals surface area contributed by atoms with Crippen molar-refractivity contribution < 1.29 is 4.74 Å². The molecule has 0 spiro atoms. The molecule has 0 aliphatic rings. The minimum atomic E-state index is 0.441. The summed E-state index contributed by atoms with van der Waals surface area (Å²) in [6.45, 7) is 0. The predicted octanol–water partition coefficient (Wildman–Crippen LogP) is 3.45. The molecule has 0 fully saturated rings. The zero-order valence-electron chi connectivity index (χ0n) is 9.24. The number of hydrogen-bond donors (Lipinski definition) is 0. The van der Waals surface area contributed by atoms with Crippen LogP contribution in [0.5, 0.6) is 5.75 Å². The van der Waals surface area contributed by atoms with Crippen LogP contribution in [0.4, 0.5) is 0 Å². The van der Waals surface area contributed by atoms with Gasteiger partial charge in [-0.1, -0.05) is 40.9 Å². The smallest absolute Gasteiger partial charge is 0.198 e. The van der Waals surface area contributed by atoms with E-state index in [9.17, 15) is 0 Å². The Bertz CT molecular complexity index is 694. The summed E-state index contributed by atoms with van der Waals surface area (Å²) in [6, 6.07) is 15.3. The van der Waals surface area contributed by atoms with Crippen molar-refractivity contribution >= 4 is 39.0 Å². The van der Waals surface area contributed by atoms with Gasteiger partial charge in [-0.15, -0.1) is 5.10 Å². The van der Waals surface area contributed by atoms with E-state index in [2.05, 4.69) is 9.59 Å². The molecular weight excluding hydrogens is 264 g/mol. The molecule has 1 heterocycles. The first kappa shape index (κ1) is 11.3. The van der Waals surface area contributed by atoms with Gasteiger partial charge >= 0.3 is 0 Å². The lowest BCUT2D eigenvalue weighted by Crippen LogP contribution is -2.06. The van der Waals surface area contributed by atoms with Gasteiger partial charge in [0.25, 0.3) is 0 Å². The molecule has 0 N–H and O–H groups in total. The number of aromatic nitrogens is 2. The number of hydrogen-bond acceptors (Lipinski definition) is 5. The molecule has 5 heteroatoms. The van der Waals surface area contributed by atoms with Crippen LogP contribution >= 0.6 is 23.8 Å². The van der Waals surface area contributed by atoms with Crippen LogP contribution in [0.1, 0.15) is 5.56 Å². The Balaban J connectivity index is 1.93. The van der Waals surface area contributed by atoms with Crippen molar-refractivity contribution in [2.45, 2.75) is 0 Å². The molecule has 0 saturated carbocycles. The first-order valence-electron chi connectivity index (χ1n) is 5.33. The van der Waals surface area contributed by atoms with Crippen molar-refractivity contribution in [3.63, 3.8) is 0 Å². The Morgan fingerprint density at radius 2 is 1.89 bits per heavy atom. The van der Waals surface area contributed by atoms with Gasteiger partial charge in [-0.25, -0.2) is 0 Å². The first-order chi connectivity index (χ1) is 8.84. The number of ether oxygens (including phenoxy) is 1. The molecule has 3 rings (SSSR count). The minimum Gasteiger partial charge on any atom is -0.443 e. The highest BCUT2D eigenvalue weighted by atomic mass is 32.1. The van der Waals surface area contributed by atoms with E-state index in [4.69, 9.17) is 17.0 Å². The van der Waals surface area contributed by atoms with Gasteiger partial charge in [0, 0.05) is 5.56 Å². The van der Waals surface area contributed by atoms with E-state index in [1.165, 1.54) is 11.5 Å². The summed E-state index contributed by atoms with van der Waals surface area (Å²) in [7, 11) is 0. The van der Waals surface area contributed by atoms with Crippen LogP contribution in [0.15, 0.2) is 48.5 Å². The van der Waals surface area contributed by atoms with Gasteiger partial charge in [0.05, 0.1) is 4.70 Å². The van der Waals surface area contributed by atoms with Crippen molar-refractivity contribution in [3.05, 3.63) is 54.1 Å². The quantitative estimate of drug-likeness (QED) is 0.669. The summed E-state index contributed by atoms with van der Waals surface area (Å²) >= 11 is 6.61. The van der Waals surface area contributed by atoms with E-state index in [-0.39, 0.29) is 0 Å². The lowest BCUT2D eigenvalue weighted by Gasteiger charge is -2.06. The monoisotopic (exact) mass is 272 g/mol. The molecule has 0 atom stereocenters. The van der Waals surface area contributed by atoms with Crippen LogP contribution in [0.3, 0.4) is 0 Å². The number of rotatable bonds is 2. The molecule has 0 aliphatic carbocycles. The van der Waals surface area contributed by atoms with Gasteiger partial charge in [0.15, 0.2) is 10.8 Å². The number of nitrogens with zero attached hydrogens (tertiary/aromatic N) is 2. The van der Waals surface area contributed by atoms with Gasteiger partial charge in [-0.3, -0.25) is 0 Å². The second-order valence-electron chi connectivity index (χ2n) is 3.63. The van der Waals surface area contributed by atoms with Crippen LogP contribution in [0, 0.1) is 0 Å². The van der Waals surface area contributed by atoms with Gasteiger partial charge in [-0.05, 0) is 35.9 Å². The summed E-state index contributed by atoms with van der Waals surface area (Å²) in [5.41, 5.74) is 1.63. The van der Waals surface area contributed by atoms with E-state index in [0.29, 0.717) is 10.8 Å². The molecule has 3 aromatic rings. The lowest BCUT2D eigenvalue weighted by atomic mass is 10.2. The molecule has 88 valence electrons. The summed E-state index contributed by atoms with van der Waals surface area (Å²) in [4.78, 5) is 0. The molecule has 1 aromatic heterocycles. The summed E-state index contributed by atoms with van der Waals surface area (Å²) in [5, 5.41) is 4.49. The van der Waals surface area contributed by atoms with Crippen molar-refractivity contribution in [1.29, 1.82) is 0 Å². The van der Waals surface area contributed by atoms with Crippen molar-refractivity contribution in [3.8, 4) is 5.75 Å². The maximum Gasteiger partial charge on any atom is 0.198 e. The van der Waals surface area contributed by atoms with E-state index < -0.39 is 0 Å². The molecule has 0 aliphatic heterocycles.